The minimum absolute atomic E-state index is 0.0638. The highest BCUT2D eigenvalue weighted by atomic mass is 16.3. The highest BCUT2D eigenvalue weighted by Crippen LogP contribution is 2.59. The van der Waals surface area contributed by atoms with Gasteiger partial charge in [0.05, 0.1) is 11.7 Å². The lowest BCUT2D eigenvalue weighted by atomic mass is 9.48. The Balaban J connectivity index is 1.40. The van der Waals surface area contributed by atoms with Crippen LogP contribution in [0.3, 0.4) is 0 Å². The molecule has 4 bridgehead atoms. The molecule has 2 amide bonds. The van der Waals surface area contributed by atoms with Crippen LogP contribution in [0.25, 0.3) is 12.0 Å². The quantitative estimate of drug-likeness (QED) is 0.580. The Hall–Kier alpha value is -2.94. The molecule has 0 aliphatic heterocycles. The molecule has 2 unspecified atom stereocenters. The summed E-state index contributed by atoms with van der Waals surface area (Å²) < 4.78 is 3.25. The van der Waals surface area contributed by atoms with E-state index in [2.05, 4.69) is 20.8 Å². The maximum atomic E-state index is 13.5. The summed E-state index contributed by atoms with van der Waals surface area (Å²) >= 11 is 0. The maximum absolute atomic E-state index is 13.5. The summed E-state index contributed by atoms with van der Waals surface area (Å²) in [6, 6.07) is 1.93. The Morgan fingerprint density at radius 1 is 1.24 bits per heavy atom. The Morgan fingerprint density at radius 2 is 1.97 bits per heavy atom. The number of carbonyl (C=O) groups is 2. The number of rotatable bonds is 7. The van der Waals surface area contributed by atoms with Gasteiger partial charge in [0.15, 0.2) is 5.82 Å². The number of carbonyl (C=O) groups excluding carboxylic acids is 2. The Labute approximate surface area is 199 Å². The maximum Gasteiger partial charge on any atom is 0.257 e. The first-order chi connectivity index (χ1) is 16.2. The van der Waals surface area contributed by atoms with Gasteiger partial charge in [-0.25, -0.2) is 9.36 Å². The molecule has 0 aromatic carbocycles. The van der Waals surface area contributed by atoms with Crippen LogP contribution >= 0.6 is 0 Å². The number of aliphatic hydroxyl groups is 1. The molecule has 4 aliphatic rings. The molecule has 9 nitrogen and oxygen atoms in total. The molecule has 0 saturated heterocycles. The molecule has 9 heteroatoms. The van der Waals surface area contributed by atoms with E-state index in [-0.39, 0.29) is 29.9 Å². The fraction of sp³-hybridized carbons (Fsp3) is 0.600. The molecule has 182 valence electrons. The SMILES string of the molecule is CC(=O)NC(C)(C)C=Cn1ncc(C(=O)NC2C3CC4CC2CC(CO)(C4)C3)c1-n1cccn1. The van der Waals surface area contributed by atoms with Crippen molar-refractivity contribution >= 4 is 18.0 Å². The lowest BCUT2D eigenvalue weighted by Crippen LogP contribution is -2.60. The van der Waals surface area contributed by atoms with Crippen molar-refractivity contribution in [1.29, 1.82) is 0 Å². The van der Waals surface area contributed by atoms with Crippen LogP contribution in [-0.4, -0.2) is 54.7 Å². The van der Waals surface area contributed by atoms with Gasteiger partial charge in [-0.2, -0.15) is 10.2 Å². The first-order valence-electron chi connectivity index (χ1n) is 12.2. The zero-order chi connectivity index (χ0) is 24.1. The summed E-state index contributed by atoms with van der Waals surface area (Å²) in [5.74, 6) is 1.79. The number of aliphatic hydroxyl groups excluding tert-OH is 1. The molecule has 4 aliphatic carbocycles. The summed E-state index contributed by atoms with van der Waals surface area (Å²) in [6.07, 6.45) is 14.0. The summed E-state index contributed by atoms with van der Waals surface area (Å²) in [4.78, 5) is 25.0. The van der Waals surface area contributed by atoms with E-state index in [1.807, 2.05) is 19.9 Å². The van der Waals surface area contributed by atoms with E-state index in [9.17, 15) is 14.7 Å². The van der Waals surface area contributed by atoms with E-state index in [0.29, 0.717) is 29.1 Å². The van der Waals surface area contributed by atoms with Crippen LogP contribution in [-0.2, 0) is 4.79 Å². The Kier molecular flexibility index (Phi) is 5.62. The predicted octanol–water partition coefficient (Wildman–Crippen LogP) is 2.37. The van der Waals surface area contributed by atoms with Crippen molar-refractivity contribution in [2.24, 2.45) is 23.2 Å². The van der Waals surface area contributed by atoms with Crippen molar-refractivity contribution in [3.05, 3.63) is 36.3 Å². The molecule has 2 heterocycles. The summed E-state index contributed by atoms with van der Waals surface area (Å²) in [6.45, 7) is 5.52. The van der Waals surface area contributed by atoms with Gasteiger partial charge in [0, 0.05) is 38.2 Å². The van der Waals surface area contributed by atoms with Crippen molar-refractivity contribution in [2.75, 3.05) is 6.61 Å². The second-order valence-electron chi connectivity index (χ2n) is 11.1. The molecule has 34 heavy (non-hydrogen) atoms. The third-order valence-corrected chi connectivity index (χ3v) is 7.90. The monoisotopic (exact) mass is 466 g/mol. The average Bonchev–Trinajstić information content (AvgIpc) is 3.43. The van der Waals surface area contributed by atoms with E-state index in [1.165, 1.54) is 6.92 Å². The molecule has 4 fully saturated rings. The van der Waals surface area contributed by atoms with E-state index in [4.69, 9.17) is 0 Å². The minimum Gasteiger partial charge on any atom is -0.396 e. The lowest BCUT2D eigenvalue weighted by Gasteiger charge is -2.59. The molecule has 4 saturated carbocycles. The zero-order valence-electron chi connectivity index (χ0n) is 20.1. The van der Waals surface area contributed by atoms with Gasteiger partial charge in [-0.3, -0.25) is 9.59 Å². The van der Waals surface area contributed by atoms with Crippen LogP contribution in [0.4, 0.5) is 0 Å². The highest BCUT2D eigenvalue weighted by molar-refractivity contribution is 5.97. The molecular formula is C25H34N6O3. The van der Waals surface area contributed by atoms with E-state index < -0.39 is 5.54 Å². The molecule has 6 rings (SSSR count). The zero-order valence-corrected chi connectivity index (χ0v) is 20.1. The third-order valence-electron chi connectivity index (χ3n) is 7.90. The van der Waals surface area contributed by atoms with Gasteiger partial charge >= 0.3 is 0 Å². The lowest BCUT2D eigenvalue weighted by molar-refractivity contribution is -0.120. The first-order valence-corrected chi connectivity index (χ1v) is 12.2. The van der Waals surface area contributed by atoms with E-state index >= 15 is 0 Å². The van der Waals surface area contributed by atoms with Gasteiger partial charge in [0.2, 0.25) is 5.91 Å². The van der Waals surface area contributed by atoms with Gasteiger partial charge in [0.1, 0.15) is 5.56 Å². The van der Waals surface area contributed by atoms with Crippen molar-refractivity contribution in [3.8, 4) is 5.82 Å². The fourth-order valence-electron chi connectivity index (χ4n) is 6.85. The molecule has 0 radical (unpaired) electrons. The number of nitrogens with zero attached hydrogens (tertiary/aromatic N) is 4. The molecule has 2 aromatic heterocycles. The van der Waals surface area contributed by atoms with Crippen LogP contribution in [0.5, 0.6) is 0 Å². The second-order valence-corrected chi connectivity index (χ2v) is 11.1. The smallest absolute Gasteiger partial charge is 0.257 e. The molecule has 3 N–H and O–H groups in total. The average molecular weight is 467 g/mol. The molecule has 2 atom stereocenters. The highest BCUT2D eigenvalue weighted by Gasteiger charge is 2.55. The van der Waals surface area contributed by atoms with Gasteiger partial charge in [-0.05, 0) is 81.3 Å². The molecule has 0 spiro atoms. The van der Waals surface area contributed by atoms with Crippen molar-refractivity contribution < 1.29 is 14.7 Å². The van der Waals surface area contributed by atoms with E-state index in [0.717, 1.165) is 32.1 Å². The number of amides is 2. The molecular weight excluding hydrogens is 432 g/mol. The summed E-state index contributed by atoms with van der Waals surface area (Å²) in [5.41, 5.74) is -0.0599. The van der Waals surface area contributed by atoms with Crippen LogP contribution in [0, 0.1) is 23.2 Å². The van der Waals surface area contributed by atoms with Gasteiger partial charge in [-0.15, -0.1) is 0 Å². The normalized spacial score (nSPS) is 30.1. The Morgan fingerprint density at radius 3 is 2.59 bits per heavy atom. The first kappa shape index (κ1) is 22.8. The van der Waals surface area contributed by atoms with Crippen molar-refractivity contribution in [1.82, 2.24) is 30.2 Å². The third kappa shape index (κ3) is 4.17. The fourth-order valence-corrected chi connectivity index (χ4v) is 6.85. The molecule has 2 aromatic rings. The van der Waals surface area contributed by atoms with Gasteiger partial charge in [-0.1, -0.05) is 0 Å². The second kappa shape index (κ2) is 8.37. The summed E-state index contributed by atoms with van der Waals surface area (Å²) in [7, 11) is 0. The van der Waals surface area contributed by atoms with Gasteiger partial charge < -0.3 is 15.7 Å². The van der Waals surface area contributed by atoms with Crippen LogP contribution < -0.4 is 10.6 Å². The van der Waals surface area contributed by atoms with Crippen LogP contribution in [0.1, 0.15) is 63.2 Å². The largest absolute Gasteiger partial charge is 0.396 e. The van der Waals surface area contributed by atoms with Crippen molar-refractivity contribution in [2.45, 2.75) is 64.5 Å². The van der Waals surface area contributed by atoms with E-state index in [1.54, 1.807) is 40.2 Å². The number of hydrogen-bond acceptors (Lipinski definition) is 5. The predicted molar refractivity (Wildman–Crippen MR) is 127 cm³/mol. The van der Waals surface area contributed by atoms with Crippen LogP contribution in [0.15, 0.2) is 30.7 Å². The Bertz CT molecular complexity index is 1090. The number of hydrogen-bond donors (Lipinski definition) is 3. The van der Waals surface area contributed by atoms with Gasteiger partial charge in [0.25, 0.3) is 5.91 Å². The topological polar surface area (TPSA) is 114 Å². The summed E-state index contributed by atoms with van der Waals surface area (Å²) in [5, 5.41) is 25.0. The minimum atomic E-state index is -0.579. The van der Waals surface area contributed by atoms with Crippen molar-refractivity contribution in [3.63, 3.8) is 0 Å². The number of nitrogens with one attached hydrogen (secondary N) is 2. The number of aromatic nitrogens is 4. The van der Waals surface area contributed by atoms with Crippen LogP contribution in [0.2, 0.25) is 0 Å². The standard InChI is InChI=1S/C25H34N6O3/c1-16(33)29-24(2,3)5-8-31-23(30-7-4-6-26-30)20(14-27-31)22(34)28-21-18-9-17-10-19(21)13-25(11-17,12-18)15-32/h4-8,14,17-19,21,32H,9-13,15H2,1-3H3,(H,28,34)(H,29,33).